The Morgan fingerprint density at radius 3 is 2.63 bits per heavy atom. The summed E-state index contributed by atoms with van der Waals surface area (Å²) in [5.41, 5.74) is 2.57. The number of aromatic nitrogens is 1. The lowest BCUT2D eigenvalue weighted by atomic mass is 10.1. The van der Waals surface area contributed by atoms with E-state index in [4.69, 9.17) is 0 Å². The molecule has 1 N–H and O–H groups in total. The molecule has 0 radical (unpaired) electrons. The average Bonchev–Trinajstić information content (AvgIpc) is 2.82. The molecule has 2 nitrogen and oxygen atoms in total. The normalized spacial score (nSPS) is 10.9. The van der Waals surface area contributed by atoms with Gasteiger partial charge < -0.3 is 9.67 Å². The van der Waals surface area contributed by atoms with Crippen LogP contribution < -0.4 is 0 Å². The average molecular weight is 251 g/mol. The monoisotopic (exact) mass is 251 g/mol. The van der Waals surface area contributed by atoms with E-state index in [0.29, 0.717) is 5.75 Å². The molecule has 19 heavy (non-hydrogen) atoms. The van der Waals surface area contributed by atoms with Crippen molar-refractivity contribution in [2.75, 3.05) is 0 Å². The third-order valence-corrected chi connectivity index (χ3v) is 3.46. The quantitative estimate of drug-likeness (QED) is 0.745. The highest BCUT2D eigenvalue weighted by atomic mass is 16.3. The van der Waals surface area contributed by atoms with Crippen molar-refractivity contribution in [2.24, 2.45) is 0 Å². The van der Waals surface area contributed by atoms with Crippen molar-refractivity contribution in [2.45, 2.75) is 19.4 Å². The minimum Gasteiger partial charge on any atom is -0.508 e. The fraction of sp³-hybridized carbons (Fsp3) is 0.176. The van der Waals surface area contributed by atoms with Crippen molar-refractivity contribution < 1.29 is 5.11 Å². The Balaban J connectivity index is 1.69. The maximum atomic E-state index is 9.45. The van der Waals surface area contributed by atoms with Crippen LogP contribution in [0.1, 0.15) is 12.0 Å². The molecule has 0 bridgehead atoms. The smallest absolute Gasteiger partial charge is 0.116 e. The van der Waals surface area contributed by atoms with Gasteiger partial charge in [0, 0.05) is 23.6 Å². The molecule has 1 aromatic heterocycles. The number of rotatable bonds is 4. The molecule has 3 rings (SSSR count). The molecule has 2 aromatic carbocycles. The summed E-state index contributed by atoms with van der Waals surface area (Å²) in [4.78, 5) is 0. The Hall–Kier alpha value is -2.22. The van der Waals surface area contributed by atoms with Crippen molar-refractivity contribution in [3.63, 3.8) is 0 Å². The highest BCUT2D eigenvalue weighted by Gasteiger charge is 2.01. The number of benzene rings is 2. The van der Waals surface area contributed by atoms with Crippen molar-refractivity contribution in [1.29, 1.82) is 0 Å². The van der Waals surface area contributed by atoms with Crippen LogP contribution in [0, 0.1) is 0 Å². The van der Waals surface area contributed by atoms with Gasteiger partial charge in [0.25, 0.3) is 0 Å². The highest BCUT2D eigenvalue weighted by Crippen LogP contribution is 2.21. The zero-order valence-electron chi connectivity index (χ0n) is 10.8. The third-order valence-electron chi connectivity index (χ3n) is 3.46. The summed E-state index contributed by atoms with van der Waals surface area (Å²) in [5.74, 6) is 0.328. The van der Waals surface area contributed by atoms with E-state index in [2.05, 4.69) is 47.2 Å². The van der Waals surface area contributed by atoms with Crippen molar-refractivity contribution in [1.82, 2.24) is 4.57 Å². The Morgan fingerprint density at radius 1 is 0.947 bits per heavy atom. The Kier molecular flexibility index (Phi) is 3.23. The van der Waals surface area contributed by atoms with Gasteiger partial charge in [-0.3, -0.25) is 0 Å². The molecule has 3 aromatic rings. The first-order chi connectivity index (χ1) is 9.33. The van der Waals surface area contributed by atoms with Gasteiger partial charge in [0.15, 0.2) is 0 Å². The molecule has 0 spiro atoms. The Bertz CT molecular complexity index is 670. The lowest BCUT2D eigenvalue weighted by molar-refractivity contribution is 0.476. The van der Waals surface area contributed by atoms with Crippen LogP contribution >= 0.6 is 0 Å². The number of phenolic OH excluding ortho intramolecular Hbond substituents is 1. The van der Waals surface area contributed by atoms with Gasteiger partial charge in [-0.05, 0) is 42.7 Å². The first-order valence-electron chi connectivity index (χ1n) is 6.65. The second kappa shape index (κ2) is 5.19. The van der Waals surface area contributed by atoms with Crippen LogP contribution in [0.5, 0.6) is 5.75 Å². The van der Waals surface area contributed by atoms with Gasteiger partial charge in [-0.25, -0.2) is 0 Å². The predicted molar refractivity (Wildman–Crippen MR) is 78.4 cm³/mol. The van der Waals surface area contributed by atoms with Crippen molar-refractivity contribution >= 4 is 10.9 Å². The van der Waals surface area contributed by atoms with Crippen LogP contribution in [0.15, 0.2) is 60.8 Å². The number of fused-ring (bicyclic) bond motifs is 1. The van der Waals surface area contributed by atoms with Gasteiger partial charge in [0.1, 0.15) is 5.75 Å². The fourth-order valence-electron chi connectivity index (χ4n) is 2.48. The van der Waals surface area contributed by atoms with Gasteiger partial charge in [-0.2, -0.15) is 0 Å². The number of phenols is 1. The largest absolute Gasteiger partial charge is 0.508 e. The molecule has 2 heteroatoms. The molecule has 0 aliphatic rings. The molecule has 96 valence electrons. The topological polar surface area (TPSA) is 25.2 Å². The summed E-state index contributed by atoms with van der Waals surface area (Å²) >= 11 is 0. The SMILES string of the molecule is Oc1ccc2c(ccn2CCCc2ccccc2)c1. The zero-order valence-corrected chi connectivity index (χ0v) is 10.8. The summed E-state index contributed by atoms with van der Waals surface area (Å²) in [5, 5.41) is 10.6. The minimum atomic E-state index is 0.328. The summed E-state index contributed by atoms with van der Waals surface area (Å²) in [6.07, 6.45) is 4.31. The van der Waals surface area contributed by atoms with Crippen LogP contribution in [-0.2, 0) is 13.0 Å². The number of aryl methyl sites for hydroxylation is 2. The molecule has 0 fully saturated rings. The van der Waals surface area contributed by atoms with E-state index in [9.17, 15) is 5.11 Å². The second-order valence-electron chi connectivity index (χ2n) is 4.84. The second-order valence-corrected chi connectivity index (χ2v) is 4.84. The molecule has 0 atom stereocenters. The van der Waals surface area contributed by atoms with E-state index >= 15 is 0 Å². The minimum absolute atomic E-state index is 0.328. The standard InChI is InChI=1S/C17H17NO/c19-16-8-9-17-15(13-16)10-12-18(17)11-4-7-14-5-2-1-3-6-14/h1-3,5-6,8-10,12-13,19H,4,7,11H2. The number of hydrogen-bond donors (Lipinski definition) is 1. The van der Waals surface area contributed by atoms with Gasteiger partial charge in [-0.15, -0.1) is 0 Å². The molecular formula is C17H17NO. The van der Waals surface area contributed by atoms with E-state index in [1.54, 1.807) is 6.07 Å². The Labute approximate surface area is 112 Å². The van der Waals surface area contributed by atoms with Crippen LogP contribution in [0.25, 0.3) is 10.9 Å². The molecule has 0 amide bonds. The van der Waals surface area contributed by atoms with Crippen LogP contribution in [0.4, 0.5) is 0 Å². The zero-order chi connectivity index (χ0) is 13.1. The maximum absolute atomic E-state index is 9.45. The number of nitrogens with zero attached hydrogens (tertiary/aromatic N) is 1. The van der Waals surface area contributed by atoms with Crippen LogP contribution in [0.2, 0.25) is 0 Å². The number of hydrogen-bond acceptors (Lipinski definition) is 1. The van der Waals surface area contributed by atoms with E-state index in [1.807, 2.05) is 12.1 Å². The molecule has 0 unspecified atom stereocenters. The molecule has 0 saturated heterocycles. The first-order valence-corrected chi connectivity index (χ1v) is 6.65. The molecular weight excluding hydrogens is 234 g/mol. The van der Waals surface area contributed by atoms with Gasteiger partial charge in [0.2, 0.25) is 0 Å². The van der Waals surface area contributed by atoms with Crippen molar-refractivity contribution in [3.8, 4) is 5.75 Å². The van der Waals surface area contributed by atoms with Gasteiger partial charge in [-0.1, -0.05) is 30.3 Å². The number of aromatic hydroxyl groups is 1. The van der Waals surface area contributed by atoms with E-state index in [0.717, 1.165) is 24.8 Å². The summed E-state index contributed by atoms with van der Waals surface area (Å²) < 4.78 is 2.25. The van der Waals surface area contributed by atoms with Crippen LogP contribution in [-0.4, -0.2) is 9.67 Å². The summed E-state index contributed by atoms with van der Waals surface area (Å²) in [7, 11) is 0. The van der Waals surface area contributed by atoms with Gasteiger partial charge >= 0.3 is 0 Å². The summed E-state index contributed by atoms with van der Waals surface area (Å²) in [6.45, 7) is 1.00. The van der Waals surface area contributed by atoms with E-state index in [-0.39, 0.29) is 0 Å². The van der Waals surface area contributed by atoms with Gasteiger partial charge in [0.05, 0.1) is 0 Å². The fourth-order valence-corrected chi connectivity index (χ4v) is 2.48. The highest BCUT2D eigenvalue weighted by molar-refractivity contribution is 5.81. The molecule has 0 saturated carbocycles. The maximum Gasteiger partial charge on any atom is 0.116 e. The van der Waals surface area contributed by atoms with Crippen molar-refractivity contribution in [3.05, 3.63) is 66.4 Å². The van der Waals surface area contributed by atoms with E-state index in [1.165, 1.54) is 11.1 Å². The predicted octanol–water partition coefficient (Wildman–Crippen LogP) is 3.98. The Morgan fingerprint density at radius 2 is 1.79 bits per heavy atom. The first kappa shape index (κ1) is 11.8. The lowest BCUT2D eigenvalue weighted by Gasteiger charge is -2.06. The van der Waals surface area contributed by atoms with Crippen LogP contribution in [0.3, 0.4) is 0 Å². The molecule has 0 aliphatic heterocycles. The molecule has 0 aliphatic carbocycles. The summed E-state index contributed by atoms with van der Waals surface area (Å²) in [6, 6.07) is 18.2. The molecule has 1 heterocycles. The lowest BCUT2D eigenvalue weighted by Crippen LogP contribution is -1.97. The third kappa shape index (κ3) is 2.63. The van der Waals surface area contributed by atoms with E-state index < -0.39 is 0 Å².